The van der Waals surface area contributed by atoms with Crippen molar-refractivity contribution in [3.05, 3.63) is 60.2 Å². The molecule has 5 heteroatoms. The number of likely N-dealkylation sites (N-methyl/N-ethyl adjacent to an activating group) is 1. The predicted molar refractivity (Wildman–Crippen MR) is 118 cm³/mol. The largest absolute Gasteiger partial charge is 0.379 e. The fourth-order valence-electron chi connectivity index (χ4n) is 4.39. The molecule has 3 rings (SSSR count). The average molecular weight is 447 g/mol. The van der Waals surface area contributed by atoms with Crippen molar-refractivity contribution in [1.29, 1.82) is 0 Å². The molecule has 28 heavy (non-hydrogen) atoms. The van der Waals surface area contributed by atoms with Gasteiger partial charge in [0.1, 0.15) is 4.45 Å². The second-order valence-electron chi connectivity index (χ2n) is 7.85. The number of carbonyl (C=O) groups excluding carboxylic acids is 1. The third-order valence-corrected chi connectivity index (χ3v) is 7.46. The number of benzene rings is 1. The van der Waals surface area contributed by atoms with E-state index in [-0.39, 0.29) is 11.7 Å². The molecule has 0 bridgehead atoms. The summed E-state index contributed by atoms with van der Waals surface area (Å²) >= 11 is 3.97. The zero-order valence-corrected chi connectivity index (χ0v) is 18.7. The fraction of sp³-hybridized carbons (Fsp3) is 0.522. The van der Waals surface area contributed by atoms with Gasteiger partial charge in [0.2, 0.25) is 0 Å². The van der Waals surface area contributed by atoms with E-state index < -0.39 is 9.99 Å². The van der Waals surface area contributed by atoms with Gasteiger partial charge < -0.3 is 4.74 Å². The first kappa shape index (κ1) is 21.4. The number of carbonyl (C=O) groups is 1. The van der Waals surface area contributed by atoms with Crippen LogP contribution in [0.15, 0.2) is 54.6 Å². The minimum absolute atomic E-state index is 0.257. The molecule has 1 aliphatic carbocycles. The summed E-state index contributed by atoms with van der Waals surface area (Å²) in [6, 6.07) is 10.3. The van der Waals surface area contributed by atoms with Crippen LogP contribution in [-0.4, -0.2) is 66.0 Å². The lowest BCUT2D eigenvalue weighted by Crippen LogP contribution is -2.61. The lowest BCUT2D eigenvalue weighted by molar-refractivity contribution is -0.135. The molecule has 0 radical (unpaired) electrons. The van der Waals surface area contributed by atoms with E-state index in [0.29, 0.717) is 19.6 Å². The maximum atomic E-state index is 14.1. The maximum absolute atomic E-state index is 14.1. The SMILES string of the molecule is CCC(Cc1ccccc1)(C(=O)C1C=CC=CC1(Br)N1CCOCC1)N(C)C. The van der Waals surface area contributed by atoms with Gasteiger partial charge in [0.25, 0.3) is 0 Å². The Bertz CT molecular complexity index is 727. The molecule has 1 aliphatic heterocycles. The van der Waals surface area contributed by atoms with Gasteiger partial charge in [-0.15, -0.1) is 0 Å². The van der Waals surface area contributed by atoms with E-state index in [0.717, 1.165) is 19.5 Å². The van der Waals surface area contributed by atoms with Crippen LogP contribution in [0, 0.1) is 5.92 Å². The van der Waals surface area contributed by atoms with Gasteiger partial charge in [0.15, 0.2) is 5.78 Å². The third kappa shape index (κ3) is 4.04. The summed E-state index contributed by atoms with van der Waals surface area (Å²) in [5, 5.41) is 0. The Balaban J connectivity index is 1.96. The van der Waals surface area contributed by atoms with Gasteiger partial charge in [0, 0.05) is 13.1 Å². The van der Waals surface area contributed by atoms with Crippen molar-refractivity contribution in [2.45, 2.75) is 29.8 Å². The van der Waals surface area contributed by atoms with Crippen molar-refractivity contribution in [1.82, 2.24) is 9.80 Å². The van der Waals surface area contributed by atoms with Gasteiger partial charge in [0.05, 0.1) is 24.7 Å². The number of Topliss-reactive ketones (excluding diaryl/α,β-unsaturated/α-hetero) is 1. The lowest BCUT2D eigenvalue weighted by Gasteiger charge is -2.48. The highest BCUT2D eigenvalue weighted by Crippen LogP contribution is 2.42. The summed E-state index contributed by atoms with van der Waals surface area (Å²) in [5.74, 6) is -0.00511. The highest BCUT2D eigenvalue weighted by Gasteiger charge is 2.51. The van der Waals surface area contributed by atoms with Crippen molar-refractivity contribution in [3.63, 3.8) is 0 Å². The minimum Gasteiger partial charge on any atom is -0.379 e. The first-order valence-electron chi connectivity index (χ1n) is 10.1. The molecule has 1 saturated heterocycles. The highest BCUT2D eigenvalue weighted by molar-refractivity contribution is 9.10. The van der Waals surface area contributed by atoms with Crippen molar-refractivity contribution in [2.24, 2.45) is 5.92 Å². The zero-order chi connectivity index (χ0) is 20.2. The number of ether oxygens (including phenoxy) is 1. The Morgan fingerprint density at radius 3 is 2.54 bits per heavy atom. The van der Waals surface area contributed by atoms with Crippen LogP contribution in [0.5, 0.6) is 0 Å². The minimum atomic E-state index is -0.563. The molecule has 1 aromatic rings. The number of hydrogen-bond acceptors (Lipinski definition) is 4. The van der Waals surface area contributed by atoms with Gasteiger partial charge in [-0.25, -0.2) is 0 Å². The molecule has 0 aromatic heterocycles. The van der Waals surface area contributed by atoms with Crippen LogP contribution in [0.1, 0.15) is 18.9 Å². The number of allylic oxidation sites excluding steroid dienone is 2. The number of hydrogen-bond donors (Lipinski definition) is 0. The van der Waals surface area contributed by atoms with Crippen molar-refractivity contribution in [2.75, 3.05) is 40.4 Å². The lowest BCUT2D eigenvalue weighted by atomic mass is 9.74. The number of halogens is 1. The molecule has 152 valence electrons. The molecule has 1 fully saturated rings. The number of nitrogens with zero attached hydrogens (tertiary/aromatic N) is 2. The summed E-state index contributed by atoms with van der Waals surface area (Å²) in [6.07, 6.45) is 9.69. The maximum Gasteiger partial charge on any atom is 0.163 e. The Hall–Kier alpha value is -1.27. The van der Waals surface area contributed by atoms with Crippen LogP contribution >= 0.6 is 15.9 Å². The topological polar surface area (TPSA) is 32.8 Å². The summed E-state index contributed by atoms with van der Waals surface area (Å²) < 4.78 is 5.03. The molecular weight excluding hydrogens is 416 g/mol. The molecule has 0 spiro atoms. The quantitative estimate of drug-likeness (QED) is 0.472. The normalized spacial score (nSPS) is 27.7. The van der Waals surface area contributed by atoms with Crippen LogP contribution in [0.3, 0.4) is 0 Å². The fourth-order valence-corrected chi connectivity index (χ4v) is 5.26. The van der Waals surface area contributed by atoms with Crippen LogP contribution in [0.25, 0.3) is 0 Å². The number of morpholine rings is 1. The Labute approximate surface area is 177 Å². The van der Waals surface area contributed by atoms with Gasteiger partial charge in [-0.1, -0.05) is 77.5 Å². The second kappa shape index (κ2) is 9.04. The third-order valence-electron chi connectivity index (χ3n) is 6.20. The summed E-state index contributed by atoms with van der Waals surface area (Å²) in [7, 11) is 4.05. The van der Waals surface area contributed by atoms with Crippen molar-refractivity contribution < 1.29 is 9.53 Å². The second-order valence-corrected chi connectivity index (χ2v) is 9.13. The van der Waals surface area contributed by atoms with Crippen molar-refractivity contribution >= 4 is 21.7 Å². The van der Waals surface area contributed by atoms with E-state index in [9.17, 15) is 4.79 Å². The number of ketones is 1. The molecule has 0 saturated carbocycles. The number of alkyl halides is 1. The smallest absolute Gasteiger partial charge is 0.163 e. The van der Waals surface area contributed by atoms with Crippen LogP contribution in [-0.2, 0) is 16.0 Å². The molecule has 4 nitrogen and oxygen atoms in total. The van der Waals surface area contributed by atoms with Crippen molar-refractivity contribution in [3.8, 4) is 0 Å². The van der Waals surface area contributed by atoms with Crippen LogP contribution in [0.2, 0.25) is 0 Å². The highest BCUT2D eigenvalue weighted by atomic mass is 79.9. The Morgan fingerprint density at radius 2 is 1.93 bits per heavy atom. The summed E-state index contributed by atoms with van der Waals surface area (Å²) in [4.78, 5) is 18.6. The van der Waals surface area contributed by atoms with Gasteiger partial charge in [-0.2, -0.15) is 0 Å². The molecular formula is C23H31BrN2O2. The molecule has 2 aliphatic rings. The Morgan fingerprint density at radius 1 is 1.25 bits per heavy atom. The zero-order valence-electron chi connectivity index (χ0n) is 17.1. The monoisotopic (exact) mass is 446 g/mol. The van der Waals surface area contributed by atoms with E-state index in [1.807, 2.05) is 44.4 Å². The molecule has 1 aromatic carbocycles. The van der Waals surface area contributed by atoms with Gasteiger partial charge >= 0.3 is 0 Å². The van der Waals surface area contributed by atoms with E-state index in [1.165, 1.54) is 5.56 Å². The molecule has 0 N–H and O–H groups in total. The molecule has 3 atom stereocenters. The van der Waals surface area contributed by atoms with Gasteiger partial charge in [-0.05, 0) is 32.5 Å². The van der Waals surface area contributed by atoms with E-state index in [4.69, 9.17) is 4.74 Å². The summed E-state index contributed by atoms with van der Waals surface area (Å²) in [6.45, 7) is 5.14. The first-order valence-corrected chi connectivity index (χ1v) is 10.9. The predicted octanol–water partition coefficient (Wildman–Crippen LogP) is 3.67. The standard InChI is InChI=1S/C23H31BrN2O2/c1-4-22(25(2)3,18-19-10-6-5-7-11-19)21(27)20-12-8-9-13-23(20,24)26-14-16-28-17-15-26/h5-13,20H,4,14-18H2,1-3H3. The van der Waals surface area contributed by atoms with E-state index >= 15 is 0 Å². The summed E-state index contributed by atoms with van der Waals surface area (Å²) in [5.41, 5.74) is 0.626. The Kier molecular flexibility index (Phi) is 6.92. The first-order chi connectivity index (χ1) is 13.4. The molecule has 1 heterocycles. The van der Waals surface area contributed by atoms with Crippen LogP contribution in [0.4, 0.5) is 0 Å². The molecule has 0 amide bonds. The number of rotatable bonds is 7. The van der Waals surface area contributed by atoms with E-state index in [1.54, 1.807) is 0 Å². The van der Waals surface area contributed by atoms with E-state index in [2.05, 4.69) is 56.9 Å². The molecule has 3 unspecified atom stereocenters. The van der Waals surface area contributed by atoms with Crippen LogP contribution < -0.4 is 0 Å². The van der Waals surface area contributed by atoms with Gasteiger partial charge in [-0.3, -0.25) is 14.6 Å². The average Bonchev–Trinajstić information content (AvgIpc) is 2.73.